The zero-order valence-electron chi connectivity index (χ0n) is 8.32. The summed E-state index contributed by atoms with van der Waals surface area (Å²) in [4.78, 5) is 12.3. The van der Waals surface area contributed by atoms with Gasteiger partial charge in [0.2, 0.25) is 5.91 Å². The molecule has 0 aliphatic rings. The summed E-state index contributed by atoms with van der Waals surface area (Å²) in [5.74, 6) is -0.142. The van der Waals surface area contributed by atoms with Gasteiger partial charge in [-0.2, -0.15) is 13.2 Å². The quantitative estimate of drug-likeness (QED) is 0.690. The minimum Gasteiger partial charge on any atom is -0.348 e. The molecule has 0 spiro atoms. The molecule has 84 valence electrons. The predicted octanol–water partition coefficient (Wildman–Crippen LogP) is 1.01. The summed E-state index contributed by atoms with van der Waals surface area (Å²) < 4.78 is 35.0. The summed E-state index contributed by atoms with van der Waals surface area (Å²) in [6.07, 6.45) is -4.91. The molecule has 0 radical (unpaired) electrons. The molecule has 14 heavy (non-hydrogen) atoms. The van der Waals surface area contributed by atoms with Gasteiger partial charge >= 0.3 is 6.18 Å². The van der Waals surface area contributed by atoms with Crippen LogP contribution in [-0.4, -0.2) is 44.2 Å². The van der Waals surface area contributed by atoms with Gasteiger partial charge in [0.05, 0.1) is 6.54 Å². The monoisotopic (exact) mass is 212 g/mol. The van der Waals surface area contributed by atoms with Gasteiger partial charge in [-0.05, 0) is 13.0 Å². The number of alkyl halides is 3. The van der Waals surface area contributed by atoms with E-state index in [9.17, 15) is 18.0 Å². The first kappa shape index (κ1) is 13.2. The summed E-state index contributed by atoms with van der Waals surface area (Å²) in [7, 11) is 3.19. The number of nitrogens with one attached hydrogen (secondary N) is 1. The minimum absolute atomic E-state index is 0.00418. The number of rotatable bonds is 5. The van der Waals surface area contributed by atoms with Crippen molar-refractivity contribution in [3.63, 3.8) is 0 Å². The average Bonchev–Trinajstić information content (AvgIpc) is 2.01. The number of amides is 1. The fraction of sp³-hybridized carbons (Fsp3) is 0.875. The molecule has 0 aromatic heterocycles. The van der Waals surface area contributed by atoms with Gasteiger partial charge in [-0.25, -0.2) is 0 Å². The third kappa shape index (κ3) is 7.85. The van der Waals surface area contributed by atoms with Gasteiger partial charge in [-0.1, -0.05) is 0 Å². The molecule has 1 amide bonds. The number of hydrogen-bond acceptors (Lipinski definition) is 2. The van der Waals surface area contributed by atoms with Crippen molar-refractivity contribution in [2.75, 3.05) is 27.2 Å². The second-order valence-corrected chi connectivity index (χ2v) is 3.18. The number of hydrogen-bond donors (Lipinski definition) is 1. The third-order valence-electron chi connectivity index (χ3n) is 1.59. The lowest BCUT2D eigenvalue weighted by atomic mass is 10.3. The van der Waals surface area contributed by atoms with Gasteiger partial charge in [0, 0.05) is 20.5 Å². The molecule has 0 aromatic rings. The second-order valence-electron chi connectivity index (χ2n) is 3.18. The molecule has 0 aliphatic carbocycles. The Hall–Kier alpha value is -0.780. The van der Waals surface area contributed by atoms with Crippen LogP contribution in [0.15, 0.2) is 0 Å². The summed E-state index contributed by atoms with van der Waals surface area (Å²) in [6, 6.07) is 0. The van der Waals surface area contributed by atoms with Crippen molar-refractivity contribution >= 4 is 5.91 Å². The molecule has 0 rings (SSSR count). The summed E-state index contributed by atoms with van der Waals surface area (Å²) in [5, 5.41) is 2.65. The lowest BCUT2D eigenvalue weighted by Gasteiger charge is -2.11. The lowest BCUT2D eigenvalue weighted by molar-refractivity contribution is -0.135. The van der Waals surface area contributed by atoms with Crippen molar-refractivity contribution in [1.82, 2.24) is 10.2 Å². The number of likely N-dealkylation sites (N-methyl/N-ethyl adjacent to an activating group) is 1. The van der Waals surface area contributed by atoms with E-state index in [1.54, 1.807) is 14.1 Å². The van der Waals surface area contributed by atoms with Crippen molar-refractivity contribution < 1.29 is 18.0 Å². The molecule has 0 bridgehead atoms. The highest BCUT2D eigenvalue weighted by atomic mass is 19.4. The number of nitrogens with zero attached hydrogens (tertiary/aromatic N) is 1. The van der Waals surface area contributed by atoms with Crippen LogP contribution in [0.2, 0.25) is 0 Å². The van der Waals surface area contributed by atoms with Crippen molar-refractivity contribution in [2.24, 2.45) is 0 Å². The van der Waals surface area contributed by atoms with Crippen LogP contribution in [0, 0.1) is 0 Å². The van der Waals surface area contributed by atoms with Gasteiger partial charge in [-0.3, -0.25) is 4.79 Å². The smallest absolute Gasteiger partial charge is 0.348 e. The fourth-order valence-electron chi connectivity index (χ4n) is 0.767. The highest BCUT2D eigenvalue weighted by Gasteiger charge is 2.25. The molecule has 0 fully saturated rings. The van der Waals surface area contributed by atoms with Crippen LogP contribution in [0.25, 0.3) is 0 Å². The van der Waals surface area contributed by atoms with E-state index in [4.69, 9.17) is 0 Å². The minimum atomic E-state index is -4.10. The standard InChI is InChI=1S/C8H15F3N2O/c1-13(2)7(14)6-12-5-3-4-8(9,10)11/h12H,3-6H2,1-2H3. The maximum absolute atomic E-state index is 11.7. The molecule has 0 heterocycles. The molecule has 3 nitrogen and oxygen atoms in total. The van der Waals surface area contributed by atoms with Crippen molar-refractivity contribution in [1.29, 1.82) is 0 Å². The summed E-state index contributed by atoms with van der Waals surface area (Å²) in [6.45, 7) is 0.296. The van der Waals surface area contributed by atoms with E-state index in [-0.39, 0.29) is 25.4 Å². The second kappa shape index (κ2) is 5.85. The van der Waals surface area contributed by atoms with E-state index in [1.807, 2.05) is 0 Å². The molecule has 1 N–H and O–H groups in total. The van der Waals surface area contributed by atoms with Crippen LogP contribution in [0.5, 0.6) is 0 Å². The predicted molar refractivity (Wildman–Crippen MR) is 46.9 cm³/mol. The Balaban J connectivity index is 3.35. The van der Waals surface area contributed by atoms with E-state index in [1.165, 1.54) is 4.90 Å². The van der Waals surface area contributed by atoms with Gasteiger partial charge in [0.1, 0.15) is 0 Å². The maximum atomic E-state index is 11.7. The SMILES string of the molecule is CN(C)C(=O)CNCCCC(F)(F)F. The molecule has 0 aliphatic heterocycles. The Bertz CT molecular complexity index is 180. The highest BCUT2D eigenvalue weighted by Crippen LogP contribution is 2.20. The molecule has 0 atom stereocenters. The Labute approximate surface area is 81.3 Å². The zero-order chi connectivity index (χ0) is 11.2. The van der Waals surface area contributed by atoms with Crippen LogP contribution in [0.4, 0.5) is 13.2 Å². The number of carbonyl (C=O) groups excluding carboxylic acids is 1. The number of halogens is 3. The van der Waals surface area contributed by atoms with Crippen LogP contribution in [0.1, 0.15) is 12.8 Å². The molecule has 0 saturated heterocycles. The topological polar surface area (TPSA) is 32.3 Å². The lowest BCUT2D eigenvalue weighted by Crippen LogP contribution is -2.33. The molecule has 0 saturated carbocycles. The van der Waals surface area contributed by atoms with Gasteiger partial charge in [0.15, 0.2) is 0 Å². The Morgan fingerprint density at radius 1 is 1.36 bits per heavy atom. The van der Waals surface area contributed by atoms with E-state index in [0.29, 0.717) is 0 Å². The molecule has 0 aromatic carbocycles. The Morgan fingerprint density at radius 3 is 2.36 bits per heavy atom. The Morgan fingerprint density at radius 2 is 1.93 bits per heavy atom. The van der Waals surface area contributed by atoms with Crippen molar-refractivity contribution in [3.05, 3.63) is 0 Å². The molecule has 6 heteroatoms. The largest absolute Gasteiger partial charge is 0.389 e. The molecular weight excluding hydrogens is 197 g/mol. The van der Waals surface area contributed by atoms with Crippen molar-refractivity contribution in [2.45, 2.75) is 19.0 Å². The van der Waals surface area contributed by atoms with Gasteiger partial charge in [-0.15, -0.1) is 0 Å². The first-order valence-electron chi connectivity index (χ1n) is 4.30. The molecular formula is C8H15F3N2O. The fourth-order valence-corrected chi connectivity index (χ4v) is 0.767. The van der Waals surface area contributed by atoms with E-state index < -0.39 is 12.6 Å². The highest BCUT2D eigenvalue weighted by molar-refractivity contribution is 5.77. The average molecular weight is 212 g/mol. The van der Waals surface area contributed by atoms with E-state index in [0.717, 1.165) is 0 Å². The van der Waals surface area contributed by atoms with Crippen LogP contribution >= 0.6 is 0 Å². The normalized spacial score (nSPS) is 11.5. The Kier molecular flexibility index (Phi) is 5.52. The summed E-state index contributed by atoms with van der Waals surface area (Å²) >= 11 is 0. The van der Waals surface area contributed by atoms with E-state index >= 15 is 0 Å². The third-order valence-corrected chi connectivity index (χ3v) is 1.59. The zero-order valence-corrected chi connectivity index (χ0v) is 8.32. The maximum Gasteiger partial charge on any atom is 0.389 e. The van der Waals surface area contributed by atoms with Crippen LogP contribution in [0.3, 0.4) is 0 Å². The molecule has 0 unspecified atom stereocenters. The van der Waals surface area contributed by atoms with Crippen molar-refractivity contribution in [3.8, 4) is 0 Å². The van der Waals surface area contributed by atoms with Crippen LogP contribution in [-0.2, 0) is 4.79 Å². The van der Waals surface area contributed by atoms with Crippen LogP contribution < -0.4 is 5.32 Å². The summed E-state index contributed by atoms with van der Waals surface area (Å²) in [5.41, 5.74) is 0. The van der Waals surface area contributed by atoms with E-state index in [2.05, 4.69) is 5.32 Å². The van der Waals surface area contributed by atoms with Gasteiger partial charge < -0.3 is 10.2 Å². The first-order valence-corrected chi connectivity index (χ1v) is 4.30. The number of carbonyl (C=O) groups is 1. The van der Waals surface area contributed by atoms with Gasteiger partial charge in [0.25, 0.3) is 0 Å². The first-order chi connectivity index (χ1) is 6.33.